The van der Waals surface area contributed by atoms with Crippen molar-refractivity contribution < 1.29 is 267 Å². The molecule has 7 aromatic rings. The van der Waals surface area contributed by atoms with Crippen LogP contribution in [0.5, 0.6) is 11.5 Å². The van der Waals surface area contributed by atoms with Crippen molar-refractivity contribution in [2.24, 2.45) is 11.8 Å². The van der Waals surface area contributed by atoms with Gasteiger partial charge in [0, 0.05) is 280 Å². The summed E-state index contributed by atoms with van der Waals surface area (Å²) in [5.74, 6) is 5.41. The summed E-state index contributed by atoms with van der Waals surface area (Å²) in [6.07, 6.45) is 7.43. The zero-order valence-electron chi connectivity index (χ0n) is 51.6. The van der Waals surface area contributed by atoms with Crippen LogP contribution in [-0.2, 0) is 28.2 Å². The van der Waals surface area contributed by atoms with Crippen molar-refractivity contribution in [1.82, 2.24) is 0 Å². The molecule has 0 aromatic heterocycles. The number of fused-ring (bicyclic) bond motifs is 7. The molecule has 19 heteroatoms. The maximum Gasteiger partial charge on any atom is 0.605 e. The Balaban J connectivity index is 0.00000108. The molecular formula is C67H80AlAr6O9Si3-. The summed E-state index contributed by atoms with van der Waals surface area (Å²) in [5, 5.41) is 7.97. The molecule has 4 atom stereocenters. The number of carbonyl (C=O) groups excluding carboxylic acids is 3. The summed E-state index contributed by atoms with van der Waals surface area (Å²) in [6.45, 7) is 22.6. The van der Waals surface area contributed by atoms with Crippen LogP contribution in [0.3, 0.4) is 0 Å². The van der Waals surface area contributed by atoms with Crippen molar-refractivity contribution in [1.29, 1.82) is 0 Å². The maximum atomic E-state index is 11.8. The first-order chi connectivity index (χ1) is 38.1. The van der Waals surface area contributed by atoms with Gasteiger partial charge < -0.3 is 26.2 Å². The first kappa shape index (κ1) is 86.6. The minimum absolute atomic E-state index is 0. The molecule has 0 radical (unpaired) electrons. The number of rotatable bonds is 7. The number of aldehydes is 1. The van der Waals surface area contributed by atoms with E-state index in [2.05, 4.69) is 100 Å². The van der Waals surface area contributed by atoms with E-state index in [0.29, 0.717) is 11.1 Å². The number of ether oxygens (including phenoxy) is 3. The second-order valence-corrected chi connectivity index (χ2v) is 31.0. The molecule has 3 aliphatic rings. The summed E-state index contributed by atoms with van der Waals surface area (Å²) >= 11 is -2.18. The van der Waals surface area contributed by atoms with Crippen molar-refractivity contribution in [3.8, 4) is 22.6 Å². The summed E-state index contributed by atoms with van der Waals surface area (Å²) in [7, 11) is 1.83. The minimum Gasteiger partial charge on any atom is -0.770 e. The first-order valence-electron chi connectivity index (χ1n) is 27.6. The zero-order chi connectivity index (χ0) is 58.3. The molecule has 10 rings (SSSR count). The van der Waals surface area contributed by atoms with E-state index in [4.69, 9.17) is 26.2 Å². The van der Waals surface area contributed by atoms with E-state index in [1.165, 1.54) is 43.0 Å². The molecule has 0 saturated heterocycles. The fourth-order valence-electron chi connectivity index (χ4n) is 9.52. The average Bonchev–Trinajstić information content (AvgIpc) is 1.40. The van der Waals surface area contributed by atoms with Gasteiger partial charge in [-0.05, 0) is 94.9 Å². The van der Waals surface area contributed by atoms with Crippen LogP contribution in [-0.4, -0.2) is 68.6 Å². The van der Waals surface area contributed by atoms with Crippen molar-refractivity contribution in [2.75, 3.05) is 7.11 Å². The van der Waals surface area contributed by atoms with Crippen molar-refractivity contribution in [2.45, 2.75) is 98.4 Å². The predicted octanol–water partition coefficient (Wildman–Crippen LogP) is 13.0. The molecule has 0 amide bonds. The molecule has 0 bridgehead atoms. The number of methoxy groups -OCH3 is 1. The quantitative estimate of drug-likeness (QED) is 0.0667. The summed E-state index contributed by atoms with van der Waals surface area (Å²) < 4.78 is 35.4. The fourth-order valence-corrected chi connectivity index (χ4v) is 14.3. The van der Waals surface area contributed by atoms with Crippen molar-refractivity contribution >= 4 is 93.4 Å². The van der Waals surface area contributed by atoms with Gasteiger partial charge >= 0.3 is 14.8 Å². The van der Waals surface area contributed by atoms with Gasteiger partial charge in [0.15, 0.2) is 11.6 Å². The van der Waals surface area contributed by atoms with Crippen LogP contribution in [0.2, 0.25) is 23.9 Å². The molecule has 7 aromatic carbocycles. The fraction of sp³-hybridized carbons (Fsp3) is 0.269. The molecule has 3 aliphatic heterocycles. The van der Waals surface area contributed by atoms with Gasteiger partial charge in [-0.25, -0.2) is 0 Å². The molecule has 3 heterocycles. The zero-order valence-corrected chi connectivity index (χ0v) is 62.3. The van der Waals surface area contributed by atoms with Crippen LogP contribution in [0, 0.1) is 238 Å². The molecule has 466 valence electrons. The van der Waals surface area contributed by atoms with E-state index in [0.717, 1.165) is 66.3 Å². The Morgan fingerprint density at radius 2 is 0.965 bits per heavy atom. The largest absolute Gasteiger partial charge is 0.770 e. The van der Waals surface area contributed by atoms with Crippen LogP contribution >= 0.6 is 0 Å². The Morgan fingerprint density at radius 1 is 0.605 bits per heavy atom. The normalized spacial score (nSPS) is 17.4. The number of ketones is 2. The van der Waals surface area contributed by atoms with Gasteiger partial charge in [-0.3, -0.25) is 14.4 Å². The van der Waals surface area contributed by atoms with E-state index < -0.39 is 23.1 Å². The molecule has 0 spiro atoms. The summed E-state index contributed by atoms with van der Waals surface area (Å²) in [5.41, 5.74) is 7.77. The van der Waals surface area contributed by atoms with Gasteiger partial charge in [0.25, 0.3) is 0 Å². The van der Waals surface area contributed by atoms with E-state index in [9.17, 15) is 14.4 Å². The van der Waals surface area contributed by atoms with Crippen LogP contribution in [0.25, 0.3) is 32.7 Å². The summed E-state index contributed by atoms with van der Waals surface area (Å²) in [6, 6.07) is 50.7. The Kier molecular flexibility index (Phi) is 42.4. The Bertz CT molecular complexity index is 3240. The van der Waals surface area contributed by atoms with Crippen LogP contribution in [0.15, 0.2) is 199 Å². The number of allylic oxidation sites excluding steroid dienone is 4. The third-order valence-electron chi connectivity index (χ3n) is 14.9. The van der Waals surface area contributed by atoms with Gasteiger partial charge in [-0.2, -0.15) is 0 Å². The number of carbonyl (C=O) groups is 3. The van der Waals surface area contributed by atoms with Crippen molar-refractivity contribution in [3.05, 3.63) is 216 Å². The first-order valence-corrected chi connectivity index (χ1v) is 35.1. The number of hydrogen-bond donors (Lipinski definition) is 0. The van der Waals surface area contributed by atoms with Gasteiger partial charge in [0.05, 0.1) is 49.2 Å². The maximum absolute atomic E-state index is 11.8. The van der Waals surface area contributed by atoms with E-state index in [-0.39, 0.29) is 267 Å². The third-order valence-corrected chi connectivity index (χ3v) is 22.1. The monoisotopic (exact) mass is 1380 g/mol. The predicted molar refractivity (Wildman–Crippen MR) is 341 cm³/mol. The number of benzene rings is 7. The smallest absolute Gasteiger partial charge is 0.605 e. The molecule has 0 aliphatic carbocycles. The summed E-state index contributed by atoms with van der Waals surface area (Å²) in [4.78, 5) is 33.5. The second kappa shape index (κ2) is 42.1. The van der Waals surface area contributed by atoms with E-state index in [1.807, 2.05) is 113 Å². The molecule has 0 saturated carbocycles. The number of hydrogen-bond acceptors (Lipinski definition) is 9. The SMILES string of the molecule is C/C=C(O[Si](C)(C)C(C)(C)C)/C(C)=C/OC.CC1=CO[C@@H](c2ccccc2)[C@@H](C)C1=O.CC1=CO[C@@H](c2ccccc2)[C@H](C)C1=O.O=Cc1ccccc1.[Ar].[Ar].[Ar].[Ar].[Ar].[Ar].[CH3][AlH-]1[O]c2c([SiH3])cc3ccccc3c2-c2c(c([SiH3])cc3ccccc23)[O]1. The third kappa shape index (κ3) is 23.8. The molecule has 9 nitrogen and oxygen atoms in total. The Morgan fingerprint density at radius 3 is 1.30 bits per heavy atom. The molecule has 86 heavy (non-hydrogen) atoms. The minimum atomic E-state index is -2.18. The number of Topliss-reactive ketones (excluding diaryl/α,β-unsaturated/α-hetero) is 2. The van der Waals surface area contributed by atoms with Gasteiger partial charge in [0.2, 0.25) is 8.32 Å². The molecule has 0 fully saturated rings. The van der Waals surface area contributed by atoms with Crippen LogP contribution in [0.1, 0.15) is 96.0 Å². The topological polar surface area (TPSA) is 107 Å². The van der Waals surface area contributed by atoms with Gasteiger partial charge in [-0.15, -0.1) is 5.79 Å². The van der Waals surface area contributed by atoms with Crippen LogP contribution < -0.4 is 18.0 Å². The Hall–Kier alpha value is 0.572. The molecule has 0 unspecified atom stereocenters. The average molecular weight is 1380 g/mol. The Labute approximate surface area is 703 Å². The van der Waals surface area contributed by atoms with Crippen LogP contribution in [0.4, 0.5) is 0 Å². The molecular weight excluding hydrogens is 1300 g/mol. The van der Waals surface area contributed by atoms with Gasteiger partial charge in [0.1, 0.15) is 24.3 Å². The molecule has 0 N–H and O–H groups in total. The van der Waals surface area contributed by atoms with E-state index >= 15 is 0 Å². The standard InChI is InChI=1S/C20H18O2Si2.C13H26O2Si.2C13H14O2.C7H6O.CH3.Al.6Ar.H/c21-19-15(23)9-11-5-1-3-7-13(11)17(19)18-14-8-4-2-6-12(14)10-16(24)20(18)22;1-9-12(11(2)10-14-6)15-16(7,8)13(3,4)5;2*1-9-8-15-13(10(2)12(9)14)11-6-4-3-5-7-11;8-6-7-4-2-1-3-5-7;;;;;;;;;/h1-10,21-22H,23-24H3;9-10H,1-8H3;2*3-8,10,13H,1-2H3;1-6H;1H3;;;;;;;;/q;;;;;;+1;;;;;;;/p-2/b;11-10+,12-9-;;;;;;;;;;;;/t;;10-,13+;10-,13-;;;;;;;;;;/m..01........../s1. The second-order valence-electron chi connectivity index (χ2n) is 22.1. The van der Waals surface area contributed by atoms with Crippen molar-refractivity contribution in [3.63, 3.8) is 0 Å². The van der Waals surface area contributed by atoms with E-state index in [1.54, 1.807) is 51.9 Å². The van der Waals surface area contributed by atoms with Gasteiger partial charge in [-0.1, -0.05) is 186 Å².